The second-order valence-corrected chi connectivity index (χ2v) is 9.78. The van der Waals surface area contributed by atoms with Crippen LogP contribution in [-0.2, 0) is 5.41 Å². The van der Waals surface area contributed by atoms with Gasteiger partial charge in [-0.05, 0) is 29.5 Å². The molecule has 0 N–H and O–H groups in total. The number of hydrogen-bond acceptors (Lipinski definition) is 4. The fourth-order valence-electron chi connectivity index (χ4n) is 3.54. The van der Waals surface area contributed by atoms with E-state index in [1.807, 2.05) is 42.5 Å². The highest BCUT2D eigenvalue weighted by molar-refractivity contribution is 7.99. The summed E-state index contributed by atoms with van der Waals surface area (Å²) in [4.78, 5) is 12.7. The summed E-state index contributed by atoms with van der Waals surface area (Å²) in [6, 6.07) is 26.0. The van der Waals surface area contributed by atoms with E-state index in [9.17, 15) is 4.79 Å². The summed E-state index contributed by atoms with van der Waals surface area (Å²) in [5, 5.41) is 9.70. The van der Waals surface area contributed by atoms with Gasteiger partial charge in [0.05, 0.1) is 11.4 Å². The van der Waals surface area contributed by atoms with Crippen molar-refractivity contribution in [1.82, 2.24) is 14.8 Å². The highest BCUT2D eigenvalue weighted by Gasteiger charge is 2.20. The zero-order chi connectivity index (χ0) is 22.7. The number of carbonyl (C=O) groups excluding carboxylic acids is 1. The van der Waals surface area contributed by atoms with Crippen molar-refractivity contribution in [2.24, 2.45) is 0 Å². The number of Topliss-reactive ketones (excluding diaryl/α,β-unsaturated/α-hetero) is 1. The van der Waals surface area contributed by atoms with Crippen molar-refractivity contribution in [2.75, 3.05) is 5.75 Å². The third-order valence-electron chi connectivity index (χ3n) is 5.43. The lowest BCUT2D eigenvalue weighted by Gasteiger charge is -2.19. The number of para-hydroxylation sites is 1. The number of benzene rings is 3. The summed E-state index contributed by atoms with van der Waals surface area (Å²) in [6.07, 6.45) is 0. The minimum absolute atomic E-state index is 0.0750. The Balaban J connectivity index is 1.71. The van der Waals surface area contributed by atoms with Gasteiger partial charge in [0, 0.05) is 11.1 Å². The zero-order valence-electron chi connectivity index (χ0n) is 18.9. The normalized spacial score (nSPS) is 11.5. The Bertz CT molecular complexity index is 1220. The van der Waals surface area contributed by atoms with Crippen LogP contribution in [0.3, 0.4) is 0 Å². The van der Waals surface area contributed by atoms with Crippen LogP contribution in [-0.4, -0.2) is 26.3 Å². The third-order valence-corrected chi connectivity index (χ3v) is 6.36. The highest BCUT2D eigenvalue weighted by Crippen LogP contribution is 2.31. The molecule has 3 aromatic carbocycles. The topological polar surface area (TPSA) is 47.8 Å². The molecule has 0 bridgehead atoms. The molecule has 0 atom stereocenters. The van der Waals surface area contributed by atoms with Gasteiger partial charge in [0.15, 0.2) is 16.8 Å². The fraction of sp³-hybridized carbons (Fsp3) is 0.222. The summed E-state index contributed by atoms with van der Waals surface area (Å²) in [7, 11) is 0. The molecule has 0 aliphatic carbocycles. The van der Waals surface area contributed by atoms with Crippen molar-refractivity contribution < 1.29 is 4.79 Å². The number of aryl methyl sites for hydroxylation is 1. The Morgan fingerprint density at radius 3 is 2.19 bits per heavy atom. The van der Waals surface area contributed by atoms with E-state index in [1.54, 1.807) is 0 Å². The summed E-state index contributed by atoms with van der Waals surface area (Å²) in [6.45, 7) is 8.69. The molecule has 0 radical (unpaired) electrons. The monoisotopic (exact) mass is 441 g/mol. The zero-order valence-corrected chi connectivity index (χ0v) is 19.7. The molecule has 0 spiro atoms. The number of thioether (sulfide) groups is 1. The van der Waals surface area contributed by atoms with E-state index in [4.69, 9.17) is 0 Å². The first kappa shape index (κ1) is 22.0. The van der Waals surface area contributed by atoms with Gasteiger partial charge in [-0.25, -0.2) is 0 Å². The lowest BCUT2D eigenvalue weighted by atomic mass is 9.87. The van der Waals surface area contributed by atoms with Crippen LogP contribution in [0.5, 0.6) is 0 Å². The lowest BCUT2D eigenvalue weighted by Crippen LogP contribution is -2.10. The van der Waals surface area contributed by atoms with E-state index in [2.05, 4.69) is 78.9 Å². The minimum atomic E-state index is 0.0750. The van der Waals surface area contributed by atoms with Crippen molar-refractivity contribution in [3.8, 4) is 17.1 Å². The summed E-state index contributed by atoms with van der Waals surface area (Å²) < 4.78 is 2.06. The van der Waals surface area contributed by atoms with Crippen LogP contribution in [0.1, 0.15) is 42.3 Å². The average molecular weight is 442 g/mol. The van der Waals surface area contributed by atoms with E-state index in [0.717, 1.165) is 22.6 Å². The molecule has 0 saturated heterocycles. The SMILES string of the molecule is Cc1ccccc1-n1c(SCC(=O)c2ccccc2)nnc1-c1ccc(C(C)(C)C)cc1. The minimum Gasteiger partial charge on any atom is -0.293 e. The van der Waals surface area contributed by atoms with Crippen LogP contribution < -0.4 is 0 Å². The van der Waals surface area contributed by atoms with E-state index in [1.165, 1.54) is 17.3 Å². The van der Waals surface area contributed by atoms with Gasteiger partial charge in [-0.1, -0.05) is 105 Å². The molecular formula is C27H27N3OS. The van der Waals surface area contributed by atoms with E-state index < -0.39 is 0 Å². The summed E-state index contributed by atoms with van der Waals surface area (Å²) >= 11 is 1.42. The summed E-state index contributed by atoms with van der Waals surface area (Å²) in [5.74, 6) is 1.15. The standard InChI is InChI=1S/C27H27N3OS/c1-19-10-8-9-13-23(19)30-25(21-14-16-22(17-15-21)27(2,3)4)28-29-26(30)32-18-24(31)20-11-6-5-7-12-20/h5-17H,18H2,1-4H3. The van der Waals surface area contributed by atoms with Crippen LogP contribution >= 0.6 is 11.8 Å². The Morgan fingerprint density at radius 2 is 1.53 bits per heavy atom. The van der Waals surface area contributed by atoms with Gasteiger partial charge < -0.3 is 0 Å². The quantitative estimate of drug-likeness (QED) is 0.253. The maximum absolute atomic E-state index is 12.7. The predicted octanol–water partition coefficient (Wildman–Crippen LogP) is 6.52. The van der Waals surface area contributed by atoms with Crippen LogP contribution in [0.4, 0.5) is 0 Å². The van der Waals surface area contributed by atoms with Crippen molar-refractivity contribution in [3.63, 3.8) is 0 Å². The number of hydrogen-bond donors (Lipinski definition) is 0. The largest absolute Gasteiger partial charge is 0.293 e. The first-order valence-corrected chi connectivity index (χ1v) is 11.7. The molecule has 5 heteroatoms. The molecule has 4 nitrogen and oxygen atoms in total. The molecule has 0 saturated carbocycles. The fourth-order valence-corrected chi connectivity index (χ4v) is 4.38. The van der Waals surface area contributed by atoms with Crippen molar-refractivity contribution in [3.05, 3.63) is 95.6 Å². The van der Waals surface area contributed by atoms with Gasteiger partial charge in [0.2, 0.25) is 0 Å². The molecule has 0 amide bonds. The van der Waals surface area contributed by atoms with Crippen LogP contribution in [0.2, 0.25) is 0 Å². The summed E-state index contributed by atoms with van der Waals surface area (Å²) in [5.41, 5.74) is 5.19. The molecular weight excluding hydrogens is 414 g/mol. The van der Waals surface area contributed by atoms with Gasteiger partial charge in [0.25, 0.3) is 0 Å². The highest BCUT2D eigenvalue weighted by atomic mass is 32.2. The Labute approximate surface area is 193 Å². The van der Waals surface area contributed by atoms with Crippen LogP contribution in [0.15, 0.2) is 84.0 Å². The van der Waals surface area contributed by atoms with Gasteiger partial charge in [-0.3, -0.25) is 9.36 Å². The average Bonchev–Trinajstić information content (AvgIpc) is 3.21. The molecule has 1 aromatic heterocycles. The number of ketones is 1. The Hall–Kier alpha value is -3.18. The van der Waals surface area contributed by atoms with E-state index >= 15 is 0 Å². The van der Waals surface area contributed by atoms with Gasteiger partial charge in [-0.15, -0.1) is 10.2 Å². The Morgan fingerprint density at radius 1 is 0.875 bits per heavy atom. The molecule has 4 aromatic rings. The Kier molecular flexibility index (Phi) is 6.28. The van der Waals surface area contributed by atoms with Crippen LogP contribution in [0, 0.1) is 6.92 Å². The third kappa shape index (κ3) is 4.68. The van der Waals surface area contributed by atoms with E-state index in [0.29, 0.717) is 16.5 Å². The second kappa shape index (κ2) is 9.13. The first-order chi connectivity index (χ1) is 15.3. The molecule has 1 heterocycles. The smallest absolute Gasteiger partial charge is 0.196 e. The van der Waals surface area contributed by atoms with Crippen molar-refractivity contribution in [2.45, 2.75) is 38.3 Å². The molecule has 0 aliphatic rings. The number of aromatic nitrogens is 3. The number of rotatable bonds is 6. The molecule has 0 fully saturated rings. The number of carbonyl (C=O) groups is 1. The van der Waals surface area contributed by atoms with Crippen LogP contribution in [0.25, 0.3) is 17.1 Å². The molecule has 0 unspecified atom stereocenters. The maximum Gasteiger partial charge on any atom is 0.196 e. The second-order valence-electron chi connectivity index (χ2n) is 8.83. The molecule has 32 heavy (non-hydrogen) atoms. The van der Waals surface area contributed by atoms with Gasteiger partial charge in [-0.2, -0.15) is 0 Å². The maximum atomic E-state index is 12.7. The lowest BCUT2D eigenvalue weighted by molar-refractivity contribution is 0.102. The van der Waals surface area contributed by atoms with Gasteiger partial charge in [0.1, 0.15) is 0 Å². The predicted molar refractivity (Wildman–Crippen MR) is 132 cm³/mol. The number of nitrogens with zero attached hydrogens (tertiary/aromatic N) is 3. The van der Waals surface area contributed by atoms with E-state index in [-0.39, 0.29) is 11.2 Å². The van der Waals surface area contributed by atoms with Crippen molar-refractivity contribution in [1.29, 1.82) is 0 Å². The first-order valence-electron chi connectivity index (χ1n) is 10.7. The van der Waals surface area contributed by atoms with Gasteiger partial charge >= 0.3 is 0 Å². The van der Waals surface area contributed by atoms with Crippen molar-refractivity contribution >= 4 is 17.5 Å². The molecule has 162 valence electrons. The molecule has 0 aliphatic heterocycles. The molecule has 4 rings (SSSR count).